The second-order valence-corrected chi connectivity index (χ2v) is 12.0. The van der Waals surface area contributed by atoms with Gasteiger partial charge in [0.05, 0.1) is 29.2 Å². The molecule has 4 aromatic rings. The Labute approximate surface area is 256 Å². The third kappa shape index (κ3) is 6.26. The maximum absolute atomic E-state index is 13.3. The number of nitrogens with zero attached hydrogens (tertiary/aromatic N) is 6. The molecule has 2 aromatic carbocycles. The highest BCUT2D eigenvalue weighted by Crippen LogP contribution is 2.38. The number of amides is 1. The summed E-state index contributed by atoms with van der Waals surface area (Å²) in [4.78, 5) is 39.5. The first-order chi connectivity index (χ1) is 20.9. The molecule has 1 aliphatic heterocycles. The molecule has 1 saturated heterocycles. The minimum atomic E-state index is -0.566. The topological polar surface area (TPSA) is 121 Å². The summed E-state index contributed by atoms with van der Waals surface area (Å²) in [5, 5.41) is 6.04. The van der Waals surface area contributed by atoms with Crippen LogP contribution < -0.4 is 9.64 Å². The highest BCUT2D eigenvalue weighted by molar-refractivity contribution is 6.03. The zero-order valence-corrected chi connectivity index (χ0v) is 26.6. The Morgan fingerprint density at radius 3 is 2.64 bits per heavy atom. The fourth-order valence-electron chi connectivity index (χ4n) is 5.47. The van der Waals surface area contributed by atoms with Gasteiger partial charge in [-0.25, -0.2) is 19.6 Å². The lowest BCUT2D eigenvalue weighted by Gasteiger charge is -2.29. The van der Waals surface area contributed by atoms with Gasteiger partial charge in [-0.2, -0.15) is 5.10 Å². The largest absolute Gasteiger partial charge is 0.466 e. The molecule has 0 spiro atoms. The number of carbonyl (C=O) groups is 2. The summed E-state index contributed by atoms with van der Waals surface area (Å²) in [5.41, 5.74) is 3.30. The van der Waals surface area contributed by atoms with Crippen LogP contribution in [0.4, 0.5) is 10.5 Å². The molecular weight excluding hydrogens is 564 g/mol. The molecule has 0 N–H and O–H groups in total. The van der Waals surface area contributed by atoms with E-state index in [-0.39, 0.29) is 31.2 Å². The van der Waals surface area contributed by atoms with Gasteiger partial charge in [-0.15, -0.1) is 0 Å². The lowest BCUT2D eigenvalue weighted by atomic mass is 10.0. The van der Waals surface area contributed by atoms with Crippen LogP contribution in [0.2, 0.25) is 0 Å². The Bertz CT molecular complexity index is 1710. The summed E-state index contributed by atoms with van der Waals surface area (Å²) in [7, 11) is 5.18. The van der Waals surface area contributed by atoms with E-state index in [9.17, 15) is 9.59 Å². The van der Waals surface area contributed by atoms with Gasteiger partial charge in [0, 0.05) is 62.5 Å². The van der Waals surface area contributed by atoms with Gasteiger partial charge in [0.1, 0.15) is 11.4 Å². The number of aryl methyl sites for hydroxylation is 2. The number of ether oxygens (including phenoxy) is 4. The van der Waals surface area contributed by atoms with Crippen LogP contribution in [-0.2, 0) is 21.3 Å². The van der Waals surface area contributed by atoms with Crippen LogP contribution in [0.1, 0.15) is 50.2 Å². The lowest BCUT2D eigenvalue weighted by Crippen LogP contribution is -2.42. The maximum Gasteiger partial charge on any atom is 0.410 e. The molecule has 2 aromatic heterocycles. The quantitative estimate of drug-likeness (QED) is 0.198. The molecule has 12 heteroatoms. The molecule has 5 rings (SSSR count). The molecule has 1 amide bonds. The number of aromatic nitrogens is 4. The number of hydrogen-bond donors (Lipinski definition) is 0. The van der Waals surface area contributed by atoms with Crippen LogP contribution in [0.5, 0.6) is 5.75 Å². The average Bonchev–Trinajstić information content (AvgIpc) is 3.61. The van der Waals surface area contributed by atoms with E-state index in [4.69, 9.17) is 28.9 Å². The van der Waals surface area contributed by atoms with Gasteiger partial charge in [-0.05, 0) is 65.3 Å². The van der Waals surface area contributed by atoms with Crippen molar-refractivity contribution < 1.29 is 28.5 Å². The number of anilines is 1. The molecule has 0 unspecified atom stereocenters. The van der Waals surface area contributed by atoms with Crippen molar-refractivity contribution in [1.29, 1.82) is 0 Å². The normalized spacial score (nSPS) is 15.2. The molecule has 3 heterocycles. The number of benzene rings is 2. The van der Waals surface area contributed by atoms with E-state index in [1.54, 1.807) is 30.7 Å². The van der Waals surface area contributed by atoms with Crippen LogP contribution in [0.25, 0.3) is 33.2 Å². The molecule has 1 atom stereocenters. The molecule has 44 heavy (non-hydrogen) atoms. The Balaban J connectivity index is 1.54. The number of fused-ring (bicyclic) bond motifs is 2. The minimum absolute atomic E-state index is 0.0140. The molecule has 234 valence electrons. The van der Waals surface area contributed by atoms with E-state index in [0.29, 0.717) is 34.6 Å². The SMILES string of the molecule is CCOC(=O)c1nc(-c2cc3cn(C)nc3c(C)c2OCOC)nc2ccc(N3CC[C@@H](N(C)C(=O)OC(C)(C)C)C3)cc12. The van der Waals surface area contributed by atoms with Crippen LogP contribution in [-0.4, -0.2) is 89.0 Å². The number of esters is 1. The van der Waals surface area contributed by atoms with Crippen molar-refractivity contribution in [3.05, 3.63) is 41.7 Å². The zero-order chi connectivity index (χ0) is 31.8. The first kappa shape index (κ1) is 31.0. The summed E-state index contributed by atoms with van der Waals surface area (Å²) >= 11 is 0. The predicted molar refractivity (Wildman–Crippen MR) is 167 cm³/mol. The summed E-state index contributed by atoms with van der Waals surface area (Å²) in [6.45, 7) is 10.8. The van der Waals surface area contributed by atoms with Crippen molar-refractivity contribution in [2.75, 3.05) is 45.5 Å². The predicted octanol–water partition coefficient (Wildman–Crippen LogP) is 5.10. The Morgan fingerprint density at radius 1 is 1.16 bits per heavy atom. The van der Waals surface area contributed by atoms with Crippen molar-refractivity contribution in [2.45, 2.75) is 52.7 Å². The summed E-state index contributed by atoms with van der Waals surface area (Å²) in [6, 6.07) is 7.67. The fourth-order valence-corrected chi connectivity index (χ4v) is 5.47. The van der Waals surface area contributed by atoms with Crippen molar-refractivity contribution in [3.8, 4) is 17.1 Å². The number of likely N-dealkylation sites (N-methyl/N-ethyl adjacent to an activating group) is 1. The maximum atomic E-state index is 13.3. The first-order valence-electron chi connectivity index (χ1n) is 14.7. The minimum Gasteiger partial charge on any atom is -0.466 e. The molecule has 0 aliphatic carbocycles. The van der Waals surface area contributed by atoms with Gasteiger partial charge in [0.15, 0.2) is 18.3 Å². The van der Waals surface area contributed by atoms with Crippen molar-refractivity contribution >= 4 is 39.6 Å². The molecule has 0 bridgehead atoms. The number of rotatable bonds is 8. The Morgan fingerprint density at radius 2 is 1.93 bits per heavy atom. The van der Waals surface area contributed by atoms with Crippen molar-refractivity contribution in [3.63, 3.8) is 0 Å². The highest BCUT2D eigenvalue weighted by Gasteiger charge is 2.32. The van der Waals surface area contributed by atoms with E-state index >= 15 is 0 Å². The number of hydrogen-bond acceptors (Lipinski definition) is 10. The van der Waals surface area contributed by atoms with Gasteiger partial charge in [-0.3, -0.25) is 4.68 Å². The summed E-state index contributed by atoms with van der Waals surface area (Å²) < 4.78 is 23.9. The van der Waals surface area contributed by atoms with Gasteiger partial charge in [-0.1, -0.05) is 0 Å². The van der Waals surface area contributed by atoms with Gasteiger partial charge < -0.3 is 28.7 Å². The highest BCUT2D eigenvalue weighted by atomic mass is 16.7. The zero-order valence-electron chi connectivity index (χ0n) is 26.6. The van der Waals surface area contributed by atoms with Crippen LogP contribution in [0.3, 0.4) is 0 Å². The second kappa shape index (κ2) is 12.3. The summed E-state index contributed by atoms with van der Waals surface area (Å²) in [5.74, 6) is 0.315. The van der Waals surface area contributed by atoms with E-state index in [1.165, 1.54) is 0 Å². The van der Waals surface area contributed by atoms with E-state index in [1.807, 2.05) is 65.2 Å². The monoisotopic (exact) mass is 604 g/mol. The summed E-state index contributed by atoms with van der Waals surface area (Å²) in [6.07, 6.45) is 2.35. The molecule has 0 radical (unpaired) electrons. The Hall–Kier alpha value is -4.45. The molecule has 0 saturated carbocycles. The molecular formula is C32H40N6O6. The molecule has 12 nitrogen and oxygen atoms in total. The van der Waals surface area contributed by atoms with Gasteiger partial charge in [0.25, 0.3) is 0 Å². The third-order valence-corrected chi connectivity index (χ3v) is 7.57. The van der Waals surface area contributed by atoms with Crippen molar-refractivity contribution in [1.82, 2.24) is 24.6 Å². The smallest absolute Gasteiger partial charge is 0.410 e. The molecule has 1 fully saturated rings. The first-order valence-corrected chi connectivity index (χ1v) is 14.7. The van der Waals surface area contributed by atoms with Crippen LogP contribution in [0.15, 0.2) is 30.5 Å². The average molecular weight is 605 g/mol. The number of methoxy groups -OCH3 is 1. The van der Waals surface area contributed by atoms with E-state index in [0.717, 1.165) is 35.1 Å². The lowest BCUT2D eigenvalue weighted by molar-refractivity contribution is 0.0237. The fraction of sp³-hybridized carbons (Fsp3) is 0.469. The van der Waals surface area contributed by atoms with Crippen molar-refractivity contribution in [2.24, 2.45) is 7.05 Å². The van der Waals surface area contributed by atoms with E-state index in [2.05, 4.69) is 10.00 Å². The third-order valence-electron chi connectivity index (χ3n) is 7.57. The van der Waals surface area contributed by atoms with Crippen LogP contribution in [0, 0.1) is 6.92 Å². The number of carbonyl (C=O) groups excluding carboxylic acids is 2. The van der Waals surface area contributed by atoms with Gasteiger partial charge >= 0.3 is 12.1 Å². The van der Waals surface area contributed by atoms with Crippen LogP contribution >= 0.6 is 0 Å². The standard InChI is InChI=1S/C32H40N6O6/c1-9-42-30(39)27-23-15-21(38-13-12-22(17-38)37(7)31(40)44-32(3,4)5)10-11-25(23)33-29(34-27)24-14-20-16-36(6)35-26(20)19(2)28(24)43-18-41-8/h10-11,14-16,22H,9,12-13,17-18H2,1-8H3/t22-/m1/s1. The van der Waals surface area contributed by atoms with Gasteiger partial charge in [0.2, 0.25) is 0 Å². The second-order valence-electron chi connectivity index (χ2n) is 12.0. The van der Waals surface area contributed by atoms with E-state index < -0.39 is 11.6 Å². The molecule has 1 aliphatic rings. The Kier molecular flexibility index (Phi) is 8.64.